The van der Waals surface area contributed by atoms with Gasteiger partial charge in [0, 0.05) is 11.1 Å². The van der Waals surface area contributed by atoms with Crippen molar-refractivity contribution in [2.75, 3.05) is 0 Å². The zero-order valence-corrected chi connectivity index (χ0v) is 12.9. The van der Waals surface area contributed by atoms with Crippen molar-refractivity contribution in [3.8, 4) is 0 Å². The summed E-state index contributed by atoms with van der Waals surface area (Å²) >= 11 is 12.2. The summed E-state index contributed by atoms with van der Waals surface area (Å²) in [4.78, 5) is 0. The lowest BCUT2D eigenvalue weighted by atomic mass is 10.1. The Labute approximate surface area is 133 Å². The predicted octanol–water partition coefficient (Wildman–Crippen LogP) is 3.33. The molecule has 4 nitrogen and oxygen atoms in total. The molecule has 0 radical (unpaired) electrons. The van der Waals surface area contributed by atoms with Crippen LogP contribution >= 0.6 is 23.2 Å². The molecular formula is C15H14Cl2N4. The Bertz CT molecular complexity index is 703. The molecule has 0 heterocycles. The molecule has 0 unspecified atom stereocenters. The highest BCUT2D eigenvalue weighted by Crippen LogP contribution is 2.19. The molecule has 21 heavy (non-hydrogen) atoms. The van der Waals surface area contributed by atoms with E-state index in [-0.39, 0.29) is 11.7 Å². The third-order valence-electron chi connectivity index (χ3n) is 2.89. The summed E-state index contributed by atoms with van der Waals surface area (Å²) in [6.45, 7) is 1.89. The highest BCUT2D eigenvalue weighted by molar-refractivity contribution is 6.34. The second-order valence-corrected chi connectivity index (χ2v) is 5.20. The minimum atomic E-state index is 0.188. The maximum atomic E-state index is 6.12. The normalized spacial score (nSPS) is 12.5. The van der Waals surface area contributed by atoms with Gasteiger partial charge in [0.05, 0.1) is 10.0 Å². The quantitative estimate of drug-likeness (QED) is 0.517. The van der Waals surface area contributed by atoms with Crippen molar-refractivity contribution in [1.29, 1.82) is 0 Å². The van der Waals surface area contributed by atoms with Gasteiger partial charge in [-0.3, -0.25) is 0 Å². The topological polar surface area (TPSA) is 76.8 Å². The van der Waals surface area contributed by atoms with Gasteiger partial charge in [0.25, 0.3) is 0 Å². The fourth-order valence-corrected chi connectivity index (χ4v) is 2.39. The number of aryl methyl sites for hydroxylation is 1. The Kier molecular flexibility index (Phi) is 4.83. The van der Waals surface area contributed by atoms with E-state index in [1.54, 1.807) is 18.2 Å². The van der Waals surface area contributed by atoms with E-state index in [0.29, 0.717) is 21.2 Å². The molecule has 2 rings (SSSR count). The van der Waals surface area contributed by atoms with Crippen molar-refractivity contribution in [2.45, 2.75) is 6.92 Å². The van der Waals surface area contributed by atoms with Gasteiger partial charge >= 0.3 is 0 Å². The van der Waals surface area contributed by atoms with E-state index in [2.05, 4.69) is 10.2 Å². The van der Waals surface area contributed by atoms with E-state index in [0.717, 1.165) is 5.56 Å². The Balaban J connectivity index is 2.36. The molecule has 4 N–H and O–H groups in total. The van der Waals surface area contributed by atoms with Crippen LogP contribution < -0.4 is 11.5 Å². The fourth-order valence-electron chi connectivity index (χ4n) is 1.84. The van der Waals surface area contributed by atoms with E-state index in [1.807, 2.05) is 31.2 Å². The predicted molar refractivity (Wildman–Crippen MR) is 89.1 cm³/mol. The summed E-state index contributed by atoms with van der Waals surface area (Å²) < 4.78 is 0. The molecule has 0 aliphatic heterocycles. The maximum absolute atomic E-state index is 6.12. The van der Waals surface area contributed by atoms with Crippen LogP contribution in [0.25, 0.3) is 0 Å². The summed E-state index contributed by atoms with van der Waals surface area (Å²) in [7, 11) is 0. The Morgan fingerprint density at radius 3 is 2.14 bits per heavy atom. The standard InChI is InChI=1S/C15H14Cl2N4/c1-9-5-4-8-12(17)13(9)15(19)21-20-14(18)10-6-2-3-7-11(10)16/h2-8H,1H3,(H2,18,20)(H2,19,21). The number of amidine groups is 2. The molecule has 108 valence electrons. The van der Waals surface area contributed by atoms with Gasteiger partial charge in [-0.05, 0) is 30.7 Å². The number of nitrogens with zero attached hydrogens (tertiary/aromatic N) is 2. The van der Waals surface area contributed by atoms with Crippen LogP contribution in [-0.2, 0) is 0 Å². The van der Waals surface area contributed by atoms with E-state index < -0.39 is 0 Å². The number of halogens is 2. The van der Waals surface area contributed by atoms with E-state index in [9.17, 15) is 0 Å². The second-order valence-electron chi connectivity index (χ2n) is 4.38. The lowest BCUT2D eigenvalue weighted by molar-refractivity contribution is 1.20. The lowest BCUT2D eigenvalue weighted by Gasteiger charge is -2.06. The van der Waals surface area contributed by atoms with Crippen LogP contribution in [0.2, 0.25) is 10.0 Å². The van der Waals surface area contributed by atoms with Crippen LogP contribution in [0.15, 0.2) is 52.7 Å². The van der Waals surface area contributed by atoms with Crippen LogP contribution in [0.5, 0.6) is 0 Å². The molecule has 6 heteroatoms. The van der Waals surface area contributed by atoms with Crippen molar-refractivity contribution in [3.63, 3.8) is 0 Å². The van der Waals surface area contributed by atoms with Crippen LogP contribution in [0.4, 0.5) is 0 Å². The SMILES string of the molecule is Cc1cccc(Cl)c1/C(N)=N/N=C(\N)c1ccccc1Cl. The zero-order valence-electron chi connectivity index (χ0n) is 11.3. The first-order valence-corrected chi connectivity index (χ1v) is 6.93. The first-order chi connectivity index (χ1) is 10.0. The summed E-state index contributed by atoms with van der Waals surface area (Å²) in [5, 5.41) is 8.89. The fraction of sp³-hybridized carbons (Fsp3) is 0.0667. The first kappa shape index (κ1) is 15.4. The molecule has 0 aromatic heterocycles. The molecule has 0 aliphatic carbocycles. The van der Waals surface area contributed by atoms with Gasteiger partial charge in [-0.1, -0.05) is 47.5 Å². The van der Waals surface area contributed by atoms with Crippen molar-refractivity contribution < 1.29 is 0 Å². The van der Waals surface area contributed by atoms with Gasteiger partial charge in [-0.25, -0.2) is 0 Å². The summed E-state index contributed by atoms with van der Waals surface area (Å²) in [5.41, 5.74) is 14.0. The highest BCUT2D eigenvalue weighted by Gasteiger charge is 2.08. The van der Waals surface area contributed by atoms with Crippen LogP contribution in [0, 0.1) is 6.92 Å². The number of benzene rings is 2. The van der Waals surface area contributed by atoms with E-state index >= 15 is 0 Å². The Morgan fingerprint density at radius 2 is 1.48 bits per heavy atom. The smallest absolute Gasteiger partial charge is 0.155 e. The van der Waals surface area contributed by atoms with Crippen molar-refractivity contribution in [1.82, 2.24) is 0 Å². The monoisotopic (exact) mass is 320 g/mol. The molecule has 0 bridgehead atoms. The number of hydrogen-bond donors (Lipinski definition) is 2. The minimum absolute atomic E-state index is 0.188. The molecule has 0 saturated carbocycles. The summed E-state index contributed by atoms with van der Waals surface area (Å²) in [6.07, 6.45) is 0. The van der Waals surface area contributed by atoms with Gasteiger partial charge in [0.15, 0.2) is 11.7 Å². The molecule has 0 atom stereocenters. The van der Waals surface area contributed by atoms with Gasteiger partial charge in [0.2, 0.25) is 0 Å². The van der Waals surface area contributed by atoms with Gasteiger partial charge in [0.1, 0.15) is 0 Å². The average molecular weight is 321 g/mol. The number of nitrogens with two attached hydrogens (primary N) is 2. The third kappa shape index (κ3) is 3.54. The highest BCUT2D eigenvalue weighted by atomic mass is 35.5. The first-order valence-electron chi connectivity index (χ1n) is 6.17. The molecule has 2 aromatic carbocycles. The molecule has 0 spiro atoms. The van der Waals surface area contributed by atoms with Gasteiger partial charge in [-0.15, -0.1) is 10.2 Å². The van der Waals surface area contributed by atoms with Crippen molar-refractivity contribution in [3.05, 3.63) is 69.2 Å². The minimum Gasteiger partial charge on any atom is -0.382 e. The average Bonchev–Trinajstić information content (AvgIpc) is 2.45. The molecule has 2 aromatic rings. The largest absolute Gasteiger partial charge is 0.382 e. The van der Waals surface area contributed by atoms with Crippen molar-refractivity contribution in [2.24, 2.45) is 21.7 Å². The van der Waals surface area contributed by atoms with Crippen molar-refractivity contribution >= 4 is 34.9 Å². The summed E-state index contributed by atoms with van der Waals surface area (Å²) in [6, 6.07) is 12.6. The maximum Gasteiger partial charge on any atom is 0.155 e. The van der Waals surface area contributed by atoms with Crippen LogP contribution in [-0.4, -0.2) is 11.7 Å². The van der Waals surface area contributed by atoms with Crippen LogP contribution in [0.3, 0.4) is 0 Å². The third-order valence-corrected chi connectivity index (χ3v) is 3.54. The molecule has 0 saturated heterocycles. The second kappa shape index (κ2) is 6.61. The van der Waals surface area contributed by atoms with Gasteiger partial charge < -0.3 is 11.5 Å². The van der Waals surface area contributed by atoms with Crippen LogP contribution in [0.1, 0.15) is 16.7 Å². The van der Waals surface area contributed by atoms with Gasteiger partial charge in [-0.2, -0.15) is 0 Å². The van der Waals surface area contributed by atoms with E-state index in [4.69, 9.17) is 34.7 Å². The number of hydrogen-bond acceptors (Lipinski definition) is 2. The molecule has 0 fully saturated rings. The Hall–Kier alpha value is -2.04. The summed E-state index contributed by atoms with van der Waals surface area (Å²) in [5.74, 6) is 0.390. The molecule has 0 amide bonds. The molecule has 0 aliphatic rings. The van der Waals surface area contributed by atoms with E-state index in [1.165, 1.54) is 0 Å². The number of rotatable bonds is 3. The zero-order chi connectivity index (χ0) is 15.4. The Morgan fingerprint density at radius 1 is 0.857 bits per heavy atom. The molecular weight excluding hydrogens is 307 g/mol. The lowest BCUT2D eigenvalue weighted by Crippen LogP contribution is -2.17.